The highest BCUT2D eigenvalue weighted by molar-refractivity contribution is 6.33. The molecule has 2 aromatic rings. The Hall–Kier alpha value is -1.88. The van der Waals surface area contributed by atoms with Crippen molar-refractivity contribution >= 4 is 17.4 Å². The molecule has 4 nitrogen and oxygen atoms in total. The van der Waals surface area contributed by atoms with Crippen molar-refractivity contribution in [3.8, 4) is 11.4 Å². The van der Waals surface area contributed by atoms with Crippen LogP contribution in [0.2, 0.25) is 5.02 Å². The predicted molar refractivity (Wildman–Crippen MR) is 69.1 cm³/mol. The normalized spacial score (nSPS) is 10.6. The summed E-state index contributed by atoms with van der Waals surface area (Å²) < 4.78 is 12.9. The van der Waals surface area contributed by atoms with Crippen LogP contribution >= 0.6 is 11.6 Å². The molecule has 2 rings (SSSR count). The van der Waals surface area contributed by atoms with Gasteiger partial charge in [0.05, 0.1) is 10.6 Å². The Balaban J connectivity index is 2.62. The van der Waals surface area contributed by atoms with Gasteiger partial charge in [-0.2, -0.15) is 0 Å². The molecule has 0 amide bonds. The number of hydrogen-bond acceptors (Lipinski definition) is 3. The molecule has 1 heterocycles. The molecule has 0 saturated carbocycles. The van der Waals surface area contributed by atoms with E-state index in [0.717, 1.165) is 6.07 Å². The average molecular weight is 268 g/mol. The first kappa shape index (κ1) is 12.6. The number of halogens is 2. The van der Waals surface area contributed by atoms with Gasteiger partial charge in [-0.05, 0) is 24.6 Å². The van der Waals surface area contributed by atoms with Crippen LogP contribution in [0.15, 0.2) is 23.0 Å². The number of aromatic nitrogens is 2. The van der Waals surface area contributed by atoms with Gasteiger partial charge in [-0.25, -0.2) is 9.37 Å². The number of anilines is 1. The summed E-state index contributed by atoms with van der Waals surface area (Å²) in [4.78, 5) is 18.4. The van der Waals surface area contributed by atoms with E-state index in [0.29, 0.717) is 17.5 Å². The highest BCUT2D eigenvalue weighted by Gasteiger charge is 2.11. The van der Waals surface area contributed by atoms with Gasteiger partial charge < -0.3 is 10.7 Å². The minimum Gasteiger partial charge on any atom is -0.383 e. The molecule has 94 valence electrons. The fourth-order valence-corrected chi connectivity index (χ4v) is 1.92. The first-order valence-corrected chi connectivity index (χ1v) is 5.74. The summed E-state index contributed by atoms with van der Waals surface area (Å²) in [6.07, 6.45) is 0.492. The van der Waals surface area contributed by atoms with Crippen molar-refractivity contribution in [2.24, 2.45) is 0 Å². The summed E-state index contributed by atoms with van der Waals surface area (Å²) >= 11 is 5.90. The van der Waals surface area contributed by atoms with E-state index in [9.17, 15) is 9.18 Å². The van der Waals surface area contributed by atoms with Gasteiger partial charge in [-0.15, -0.1) is 0 Å². The maximum atomic E-state index is 12.9. The van der Waals surface area contributed by atoms with E-state index in [2.05, 4.69) is 9.97 Å². The Labute approximate surface area is 108 Å². The summed E-state index contributed by atoms with van der Waals surface area (Å²) in [6, 6.07) is 3.84. The Morgan fingerprint density at radius 3 is 2.78 bits per heavy atom. The lowest BCUT2D eigenvalue weighted by Gasteiger charge is -2.07. The van der Waals surface area contributed by atoms with Crippen molar-refractivity contribution in [1.29, 1.82) is 0 Å². The maximum Gasteiger partial charge on any atom is 0.256 e. The molecule has 0 fully saturated rings. The number of rotatable bonds is 2. The average Bonchev–Trinajstić information content (AvgIpc) is 2.28. The lowest BCUT2D eigenvalue weighted by Crippen LogP contribution is -2.17. The fourth-order valence-electron chi connectivity index (χ4n) is 1.67. The molecular weight excluding hydrogens is 257 g/mol. The number of nitrogens with two attached hydrogens (primary N) is 1. The lowest BCUT2D eigenvalue weighted by atomic mass is 10.2. The standard InChI is InChI=1S/C12H11ClFN3O/c1-2-7-10(15)16-11(17-12(7)18)8-4-3-6(14)5-9(8)13/h3-5H,2H2,1H3,(H3,15,16,17,18). The third-order valence-electron chi connectivity index (χ3n) is 2.59. The zero-order valence-electron chi connectivity index (χ0n) is 9.63. The minimum absolute atomic E-state index is 0.164. The number of hydrogen-bond donors (Lipinski definition) is 2. The second kappa shape index (κ2) is 4.78. The number of nitrogens with zero attached hydrogens (tertiary/aromatic N) is 1. The quantitative estimate of drug-likeness (QED) is 0.877. The molecular formula is C12H11ClFN3O. The Kier molecular flexibility index (Phi) is 3.34. The number of H-pyrrole nitrogens is 1. The van der Waals surface area contributed by atoms with Crippen molar-refractivity contribution < 1.29 is 4.39 Å². The van der Waals surface area contributed by atoms with Crippen LogP contribution in [-0.4, -0.2) is 9.97 Å². The van der Waals surface area contributed by atoms with Crippen LogP contribution in [0.25, 0.3) is 11.4 Å². The first-order chi connectivity index (χ1) is 8.52. The predicted octanol–water partition coefficient (Wildman–Crippen LogP) is 2.37. The van der Waals surface area contributed by atoms with E-state index in [4.69, 9.17) is 17.3 Å². The van der Waals surface area contributed by atoms with Gasteiger partial charge in [0.2, 0.25) is 0 Å². The summed E-state index contributed by atoms with van der Waals surface area (Å²) in [5.41, 5.74) is 6.26. The number of nitrogens with one attached hydrogen (secondary N) is 1. The van der Waals surface area contributed by atoms with Crippen LogP contribution in [-0.2, 0) is 6.42 Å². The van der Waals surface area contributed by atoms with Crippen LogP contribution in [0.5, 0.6) is 0 Å². The highest BCUT2D eigenvalue weighted by Crippen LogP contribution is 2.25. The van der Waals surface area contributed by atoms with Crippen LogP contribution in [0.1, 0.15) is 12.5 Å². The molecule has 0 atom stereocenters. The zero-order chi connectivity index (χ0) is 13.3. The van der Waals surface area contributed by atoms with Gasteiger partial charge in [-0.1, -0.05) is 18.5 Å². The molecule has 0 spiro atoms. The molecule has 1 aromatic heterocycles. The van der Waals surface area contributed by atoms with Crippen molar-refractivity contribution in [3.05, 3.63) is 45.0 Å². The third-order valence-corrected chi connectivity index (χ3v) is 2.90. The molecule has 0 aliphatic carbocycles. The molecule has 3 N–H and O–H groups in total. The lowest BCUT2D eigenvalue weighted by molar-refractivity contribution is 0.628. The van der Waals surface area contributed by atoms with Crippen LogP contribution < -0.4 is 11.3 Å². The maximum absolute atomic E-state index is 12.9. The van der Waals surface area contributed by atoms with Gasteiger partial charge >= 0.3 is 0 Å². The van der Waals surface area contributed by atoms with Crippen LogP contribution in [0.4, 0.5) is 10.2 Å². The first-order valence-electron chi connectivity index (χ1n) is 5.37. The Morgan fingerprint density at radius 2 is 2.22 bits per heavy atom. The zero-order valence-corrected chi connectivity index (χ0v) is 10.4. The SMILES string of the molecule is CCc1c(N)nc(-c2ccc(F)cc2Cl)[nH]c1=O. The number of nitrogen functional groups attached to an aromatic ring is 1. The van der Waals surface area contributed by atoms with Gasteiger partial charge in [0.15, 0.2) is 0 Å². The van der Waals surface area contributed by atoms with E-state index in [-0.39, 0.29) is 22.2 Å². The van der Waals surface area contributed by atoms with Crippen molar-refractivity contribution in [1.82, 2.24) is 9.97 Å². The summed E-state index contributed by atoms with van der Waals surface area (Å²) in [6.45, 7) is 1.81. The summed E-state index contributed by atoms with van der Waals surface area (Å²) in [5, 5.41) is 0.168. The largest absolute Gasteiger partial charge is 0.383 e. The second-order valence-electron chi connectivity index (χ2n) is 3.76. The minimum atomic E-state index is -0.454. The Bertz CT molecular complexity index is 654. The topological polar surface area (TPSA) is 71.8 Å². The molecule has 1 aromatic carbocycles. The van der Waals surface area contributed by atoms with E-state index >= 15 is 0 Å². The molecule has 6 heteroatoms. The van der Waals surface area contributed by atoms with Gasteiger partial charge in [-0.3, -0.25) is 4.79 Å². The molecule has 0 aliphatic heterocycles. The smallest absolute Gasteiger partial charge is 0.256 e. The number of aromatic amines is 1. The van der Waals surface area contributed by atoms with Gasteiger partial charge in [0, 0.05) is 5.56 Å². The van der Waals surface area contributed by atoms with Crippen LogP contribution in [0, 0.1) is 5.82 Å². The molecule has 0 saturated heterocycles. The second-order valence-corrected chi connectivity index (χ2v) is 4.16. The van der Waals surface area contributed by atoms with Crippen molar-refractivity contribution in [3.63, 3.8) is 0 Å². The van der Waals surface area contributed by atoms with E-state index < -0.39 is 5.82 Å². The fraction of sp³-hybridized carbons (Fsp3) is 0.167. The molecule has 0 unspecified atom stereocenters. The van der Waals surface area contributed by atoms with Crippen molar-refractivity contribution in [2.75, 3.05) is 5.73 Å². The van der Waals surface area contributed by atoms with E-state index in [1.807, 2.05) is 6.92 Å². The highest BCUT2D eigenvalue weighted by atomic mass is 35.5. The third kappa shape index (κ3) is 2.22. The summed E-state index contributed by atoms with van der Waals surface area (Å²) in [7, 11) is 0. The van der Waals surface area contributed by atoms with Gasteiger partial charge in [0.1, 0.15) is 17.5 Å². The molecule has 18 heavy (non-hydrogen) atoms. The molecule has 0 radical (unpaired) electrons. The monoisotopic (exact) mass is 267 g/mol. The van der Waals surface area contributed by atoms with E-state index in [1.54, 1.807) is 0 Å². The van der Waals surface area contributed by atoms with Crippen LogP contribution in [0.3, 0.4) is 0 Å². The molecule has 0 aliphatic rings. The molecule has 0 bridgehead atoms. The van der Waals surface area contributed by atoms with Gasteiger partial charge in [0.25, 0.3) is 5.56 Å². The summed E-state index contributed by atoms with van der Waals surface area (Å²) in [5.74, 6) is -0.0550. The Morgan fingerprint density at radius 1 is 1.50 bits per heavy atom. The van der Waals surface area contributed by atoms with E-state index in [1.165, 1.54) is 12.1 Å². The number of benzene rings is 1. The van der Waals surface area contributed by atoms with Crippen molar-refractivity contribution in [2.45, 2.75) is 13.3 Å².